The molecule has 0 aromatic heterocycles. The van der Waals surface area contributed by atoms with Gasteiger partial charge in [0.25, 0.3) is 0 Å². The van der Waals surface area contributed by atoms with E-state index >= 15 is 0 Å². The van der Waals surface area contributed by atoms with Crippen molar-refractivity contribution in [2.75, 3.05) is 20.2 Å². The molecule has 0 spiro atoms. The smallest absolute Gasteiger partial charge is 0.225 e. The number of nitrogens with zero attached hydrogens (tertiary/aromatic N) is 2. The SMILES string of the molecule is COC1(CC(=O)N2CCC(=NO)C(C)C2)CCC1. The monoisotopic (exact) mass is 254 g/mol. The van der Waals surface area contributed by atoms with Crippen LogP contribution in [0.5, 0.6) is 0 Å². The third-order valence-corrected chi connectivity index (χ3v) is 4.35. The van der Waals surface area contributed by atoms with Gasteiger partial charge in [0, 0.05) is 32.5 Å². The van der Waals surface area contributed by atoms with Gasteiger partial charge in [-0.1, -0.05) is 12.1 Å². The van der Waals surface area contributed by atoms with E-state index in [9.17, 15) is 4.79 Å². The van der Waals surface area contributed by atoms with Crippen LogP contribution >= 0.6 is 0 Å². The molecule has 2 fully saturated rings. The van der Waals surface area contributed by atoms with Crippen LogP contribution in [0.25, 0.3) is 0 Å². The van der Waals surface area contributed by atoms with Crippen LogP contribution in [0.2, 0.25) is 0 Å². The highest BCUT2D eigenvalue weighted by Crippen LogP contribution is 2.38. The zero-order valence-corrected chi connectivity index (χ0v) is 11.2. The number of hydrogen-bond donors (Lipinski definition) is 1. The molecular formula is C13H22N2O3. The van der Waals surface area contributed by atoms with Crippen LogP contribution in [0.4, 0.5) is 0 Å². The van der Waals surface area contributed by atoms with Gasteiger partial charge in [0.05, 0.1) is 17.7 Å². The fourth-order valence-electron chi connectivity index (χ4n) is 2.81. The van der Waals surface area contributed by atoms with Gasteiger partial charge in [-0.2, -0.15) is 0 Å². The summed E-state index contributed by atoms with van der Waals surface area (Å²) < 4.78 is 5.49. The van der Waals surface area contributed by atoms with Crippen molar-refractivity contribution >= 4 is 11.6 Å². The van der Waals surface area contributed by atoms with E-state index in [2.05, 4.69) is 5.16 Å². The molecular weight excluding hydrogens is 232 g/mol. The zero-order valence-electron chi connectivity index (χ0n) is 11.2. The number of hydrogen-bond acceptors (Lipinski definition) is 4. The molecule has 1 aliphatic heterocycles. The minimum absolute atomic E-state index is 0.146. The molecule has 102 valence electrons. The third-order valence-electron chi connectivity index (χ3n) is 4.35. The first-order chi connectivity index (χ1) is 8.60. The molecule has 2 rings (SSSR count). The predicted molar refractivity (Wildman–Crippen MR) is 67.8 cm³/mol. The van der Waals surface area contributed by atoms with Gasteiger partial charge in [-0.3, -0.25) is 4.79 Å². The molecule has 1 aliphatic carbocycles. The summed E-state index contributed by atoms with van der Waals surface area (Å²) in [6, 6.07) is 0. The highest BCUT2D eigenvalue weighted by Gasteiger charge is 2.40. The number of rotatable bonds is 3. The third kappa shape index (κ3) is 2.51. The first-order valence-electron chi connectivity index (χ1n) is 6.64. The number of carbonyl (C=O) groups excluding carboxylic acids is 1. The molecule has 1 atom stereocenters. The summed E-state index contributed by atoms with van der Waals surface area (Å²) >= 11 is 0. The van der Waals surface area contributed by atoms with Crippen LogP contribution in [0, 0.1) is 5.92 Å². The van der Waals surface area contributed by atoms with E-state index in [-0.39, 0.29) is 17.4 Å². The largest absolute Gasteiger partial charge is 0.411 e. The maximum Gasteiger partial charge on any atom is 0.225 e. The van der Waals surface area contributed by atoms with E-state index in [0.29, 0.717) is 25.9 Å². The number of methoxy groups -OCH3 is 1. The van der Waals surface area contributed by atoms with Crippen molar-refractivity contribution in [1.82, 2.24) is 4.90 Å². The Morgan fingerprint density at radius 3 is 2.78 bits per heavy atom. The van der Waals surface area contributed by atoms with E-state index in [1.807, 2.05) is 11.8 Å². The quantitative estimate of drug-likeness (QED) is 0.615. The molecule has 18 heavy (non-hydrogen) atoms. The second kappa shape index (κ2) is 5.26. The highest BCUT2D eigenvalue weighted by molar-refractivity contribution is 5.89. The molecule has 1 N–H and O–H groups in total. The first kappa shape index (κ1) is 13.3. The Morgan fingerprint density at radius 1 is 1.61 bits per heavy atom. The number of amides is 1. The fraction of sp³-hybridized carbons (Fsp3) is 0.846. The van der Waals surface area contributed by atoms with Crippen LogP contribution in [0.3, 0.4) is 0 Å². The Labute approximate surface area is 108 Å². The normalized spacial score (nSPS) is 29.1. The topological polar surface area (TPSA) is 62.1 Å². The number of oxime groups is 1. The van der Waals surface area contributed by atoms with E-state index in [1.165, 1.54) is 0 Å². The highest BCUT2D eigenvalue weighted by atomic mass is 16.5. The lowest BCUT2D eigenvalue weighted by Gasteiger charge is -2.42. The van der Waals surface area contributed by atoms with Gasteiger partial charge >= 0.3 is 0 Å². The van der Waals surface area contributed by atoms with Crippen LogP contribution in [-0.2, 0) is 9.53 Å². The Hall–Kier alpha value is -1.10. The van der Waals surface area contributed by atoms with Gasteiger partial charge in [0.15, 0.2) is 0 Å². The van der Waals surface area contributed by atoms with Crippen molar-refractivity contribution < 1.29 is 14.7 Å². The lowest BCUT2D eigenvalue weighted by molar-refractivity contribution is -0.144. The minimum Gasteiger partial charge on any atom is -0.411 e. The molecule has 1 unspecified atom stereocenters. The molecule has 1 heterocycles. The van der Waals surface area contributed by atoms with E-state index in [0.717, 1.165) is 25.0 Å². The van der Waals surface area contributed by atoms with E-state index in [4.69, 9.17) is 9.94 Å². The van der Waals surface area contributed by atoms with Gasteiger partial charge in [0.1, 0.15) is 0 Å². The Kier molecular flexibility index (Phi) is 3.90. The minimum atomic E-state index is -0.203. The van der Waals surface area contributed by atoms with Crippen molar-refractivity contribution in [2.45, 2.75) is 44.6 Å². The van der Waals surface area contributed by atoms with E-state index < -0.39 is 0 Å². The average Bonchev–Trinajstić information content (AvgIpc) is 2.33. The van der Waals surface area contributed by atoms with Crippen molar-refractivity contribution in [3.63, 3.8) is 0 Å². The van der Waals surface area contributed by atoms with Crippen LogP contribution in [0.15, 0.2) is 5.16 Å². The number of ether oxygens (including phenoxy) is 1. The summed E-state index contributed by atoms with van der Waals surface area (Å²) in [5.41, 5.74) is 0.593. The predicted octanol–water partition coefficient (Wildman–Crippen LogP) is 1.64. The van der Waals surface area contributed by atoms with E-state index in [1.54, 1.807) is 7.11 Å². The van der Waals surface area contributed by atoms with Crippen molar-refractivity contribution in [3.8, 4) is 0 Å². The Bertz CT molecular complexity index is 345. The molecule has 0 radical (unpaired) electrons. The molecule has 5 nitrogen and oxygen atoms in total. The maximum atomic E-state index is 12.2. The molecule has 5 heteroatoms. The summed E-state index contributed by atoms with van der Waals surface area (Å²) in [6.07, 6.45) is 4.29. The molecule has 0 aromatic rings. The molecule has 1 saturated carbocycles. The molecule has 1 amide bonds. The van der Waals surface area contributed by atoms with Crippen molar-refractivity contribution in [2.24, 2.45) is 11.1 Å². The summed E-state index contributed by atoms with van der Waals surface area (Å²) in [7, 11) is 1.70. The van der Waals surface area contributed by atoms with Crippen LogP contribution in [0.1, 0.15) is 39.0 Å². The average molecular weight is 254 g/mol. The maximum absolute atomic E-state index is 12.2. The lowest BCUT2D eigenvalue weighted by Crippen LogP contribution is -2.48. The fourth-order valence-corrected chi connectivity index (χ4v) is 2.81. The number of piperidine rings is 1. The van der Waals surface area contributed by atoms with Gasteiger partial charge < -0.3 is 14.8 Å². The number of likely N-dealkylation sites (tertiary alicyclic amines) is 1. The zero-order chi connectivity index (χ0) is 13.2. The van der Waals surface area contributed by atoms with Gasteiger partial charge in [-0.25, -0.2) is 0 Å². The standard InChI is InChI=1S/C13H22N2O3/c1-10-9-15(7-4-11(10)14-17)12(16)8-13(18-2)5-3-6-13/h10,17H,3-9H2,1-2H3. The summed E-state index contributed by atoms with van der Waals surface area (Å²) in [4.78, 5) is 14.1. The molecule has 2 aliphatic rings. The van der Waals surface area contributed by atoms with Gasteiger partial charge in [-0.15, -0.1) is 0 Å². The molecule has 0 aromatic carbocycles. The first-order valence-corrected chi connectivity index (χ1v) is 6.64. The van der Waals surface area contributed by atoms with Gasteiger partial charge in [0.2, 0.25) is 5.91 Å². The van der Waals surface area contributed by atoms with Gasteiger partial charge in [-0.05, 0) is 19.3 Å². The van der Waals surface area contributed by atoms with Crippen LogP contribution < -0.4 is 0 Å². The second-order valence-electron chi connectivity index (χ2n) is 5.50. The van der Waals surface area contributed by atoms with Crippen molar-refractivity contribution in [3.05, 3.63) is 0 Å². The second-order valence-corrected chi connectivity index (χ2v) is 5.50. The Morgan fingerprint density at radius 2 is 2.33 bits per heavy atom. The molecule has 0 bridgehead atoms. The summed E-state index contributed by atoms with van der Waals surface area (Å²) in [5, 5.41) is 12.1. The van der Waals surface area contributed by atoms with Crippen LogP contribution in [-0.4, -0.2) is 47.5 Å². The Balaban J connectivity index is 1.90. The summed E-state index contributed by atoms with van der Waals surface area (Å²) in [6.45, 7) is 3.30. The van der Waals surface area contributed by atoms with Crippen molar-refractivity contribution in [1.29, 1.82) is 0 Å². The summed E-state index contributed by atoms with van der Waals surface area (Å²) in [5.74, 6) is 0.313. The lowest BCUT2D eigenvalue weighted by atomic mass is 9.77. The molecule has 1 saturated heterocycles. The number of carbonyl (C=O) groups is 1.